The molecular weight excluding hydrogens is 100 g/mol. The summed E-state index contributed by atoms with van der Waals surface area (Å²) < 4.78 is 0. The minimum atomic E-state index is 0.00921. The van der Waals surface area contributed by atoms with Gasteiger partial charge in [0.25, 0.3) is 0 Å². The first kappa shape index (κ1) is 7.50. The van der Waals surface area contributed by atoms with E-state index in [4.69, 9.17) is 11.5 Å². The zero-order valence-corrected chi connectivity index (χ0v) is 5.52. The second kappa shape index (κ2) is 3.50. The molecule has 0 aromatic rings. The van der Waals surface area contributed by atoms with Crippen LogP contribution < -0.4 is 11.5 Å². The van der Waals surface area contributed by atoms with Crippen molar-refractivity contribution in [3.8, 4) is 0 Å². The van der Waals surface area contributed by atoms with Gasteiger partial charge in [0.15, 0.2) is 0 Å². The van der Waals surface area contributed by atoms with E-state index < -0.39 is 0 Å². The van der Waals surface area contributed by atoms with Crippen LogP contribution in [0.4, 0.5) is 0 Å². The molecule has 0 radical (unpaired) electrons. The lowest BCUT2D eigenvalue weighted by Crippen LogP contribution is -2.23. The molecule has 0 aromatic carbocycles. The van der Waals surface area contributed by atoms with Crippen LogP contribution in [-0.4, -0.2) is 6.04 Å². The summed E-state index contributed by atoms with van der Waals surface area (Å²) in [5, 5.41) is 0. The molecule has 1 atom stereocenters. The standard InChI is InChI=1S/C6H14N2/c1-3-4-6(8)5(2)7/h4-5H,3,7-8H2,1-2H3/b6-4-. The van der Waals surface area contributed by atoms with Gasteiger partial charge in [-0.1, -0.05) is 13.0 Å². The van der Waals surface area contributed by atoms with E-state index in [-0.39, 0.29) is 6.04 Å². The SMILES string of the molecule is CC/C=C(\N)C(C)N. The van der Waals surface area contributed by atoms with Gasteiger partial charge < -0.3 is 11.5 Å². The van der Waals surface area contributed by atoms with Crippen LogP contribution in [0.2, 0.25) is 0 Å². The van der Waals surface area contributed by atoms with Gasteiger partial charge >= 0.3 is 0 Å². The van der Waals surface area contributed by atoms with E-state index in [0.717, 1.165) is 12.1 Å². The number of hydrogen-bond acceptors (Lipinski definition) is 2. The van der Waals surface area contributed by atoms with E-state index in [1.165, 1.54) is 0 Å². The zero-order chi connectivity index (χ0) is 6.57. The highest BCUT2D eigenvalue weighted by atomic mass is 14.7. The molecule has 2 nitrogen and oxygen atoms in total. The number of rotatable bonds is 2. The van der Waals surface area contributed by atoms with Crippen LogP contribution in [0.5, 0.6) is 0 Å². The van der Waals surface area contributed by atoms with E-state index in [1.807, 2.05) is 19.9 Å². The van der Waals surface area contributed by atoms with Crippen LogP contribution in [0.3, 0.4) is 0 Å². The lowest BCUT2D eigenvalue weighted by atomic mass is 10.2. The van der Waals surface area contributed by atoms with Gasteiger partial charge in [-0.2, -0.15) is 0 Å². The molecule has 0 saturated carbocycles. The van der Waals surface area contributed by atoms with Crippen molar-refractivity contribution in [2.45, 2.75) is 26.3 Å². The largest absolute Gasteiger partial charge is 0.401 e. The maximum Gasteiger partial charge on any atom is 0.0410 e. The quantitative estimate of drug-likeness (QED) is 0.552. The van der Waals surface area contributed by atoms with Crippen LogP contribution >= 0.6 is 0 Å². The number of allylic oxidation sites excluding steroid dienone is 1. The first-order valence-corrected chi connectivity index (χ1v) is 2.89. The summed E-state index contributed by atoms with van der Waals surface area (Å²) in [4.78, 5) is 0. The van der Waals surface area contributed by atoms with E-state index >= 15 is 0 Å². The highest BCUT2D eigenvalue weighted by molar-refractivity contribution is 5.02. The molecule has 0 aliphatic heterocycles. The molecule has 2 heteroatoms. The smallest absolute Gasteiger partial charge is 0.0410 e. The molecule has 0 aliphatic carbocycles. The third-order valence-electron chi connectivity index (χ3n) is 0.966. The molecule has 0 bridgehead atoms. The molecule has 0 spiro atoms. The fraction of sp³-hybridized carbons (Fsp3) is 0.667. The Morgan fingerprint density at radius 3 is 2.38 bits per heavy atom. The Hall–Kier alpha value is -0.500. The van der Waals surface area contributed by atoms with Gasteiger partial charge in [-0.05, 0) is 13.3 Å². The van der Waals surface area contributed by atoms with Gasteiger partial charge in [-0.25, -0.2) is 0 Å². The van der Waals surface area contributed by atoms with Gasteiger partial charge in [-0.3, -0.25) is 0 Å². The molecule has 8 heavy (non-hydrogen) atoms. The Morgan fingerprint density at radius 1 is 1.75 bits per heavy atom. The Kier molecular flexibility index (Phi) is 3.28. The minimum Gasteiger partial charge on any atom is -0.401 e. The van der Waals surface area contributed by atoms with E-state index in [0.29, 0.717) is 0 Å². The molecule has 4 N–H and O–H groups in total. The summed E-state index contributed by atoms with van der Waals surface area (Å²) in [5.74, 6) is 0. The second-order valence-electron chi connectivity index (χ2n) is 1.90. The van der Waals surface area contributed by atoms with Crippen molar-refractivity contribution in [3.05, 3.63) is 11.8 Å². The number of nitrogens with two attached hydrogens (primary N) is 2. The fourth-order valence-corrected chi connectivity index (χ4v) is 0.422. The lowest BCUT2D eigenvalue weighted by molar-refractivity contribution is 0.838. The van der Waals surface area contributed by atoms with Crippen molar-refractivity contribution in [1.29, 1.82) is 0 Å². The third-order valence-corrected chi connectivity index (χ3v) is 0.966. The second-order valence-corrected chi connectivity index (χ2v) is 1.90. The molecular formula is C6H14N2. The predicted molar refractivity (Wildman–Crippen MR) is 36.2 cm³/mol. The van der Waals surface area contributed by atoms with Gasteiger partial charge in [0, 0.05) is 11.7 Å². The van der Waals surface area contributed by atoms with Crippen molar-refractivity contribution in [2.24, 2.45) is 11.5 Å². The fourth-order valence-electron chi connectivity index (χ4n) is 0.422. The average Bonchev–Trinajstić information content (AvgIpc) is 1.67. The van der Waals surface area contributed by atoms with Crippen molar-refractivity contribution in [2.75, 3.05) is 0 Å². The molecule has 0 heterocycles. The van der Waals surface area contributed by atoms with Gasteiger partial charge in [0.05, 0.1) is 0 Å². The van der Waals surface area contributed by atoms with Crippen LogP contribution in [-0.2, 0) is 0 Å². The van der Waals surface area contributed by atoms with Crippen LogP contribution in [0.25, 0.3) is 0 Å². The van der Waals surface area contributed by atoms with Crippen molar-refractivity contribution < 1.29 is 0 Å². The summed E-state index contributed by atoms with van der Waals surface area (Å²) in [7, 11) is 0. The average molecular weight is 114 g/mol. The third kappa shape index (κ3) is 2.64. The monoisotopic (exact) mass is 114 g/mol. The molecule has 0 aliphatic rings. The lowest BCUT2D eigenvalue weighted by Gasteiger charge is -2.02. The minimum absolute atomic E-state index is 0.00921. The van der Waals surface area contributed by atoms with E-state index in [9.17, 15) is 0 Å². The number of hydrogen-bond donors (Lipinski definition) is 2. The van der Waals surface area contributed by atoms with Crippen LogP contribution in [0.15, 0.2) is 11.8 Å². The van der Waals surface area contributed by atoms with Crippen molar-refractivity contribution in [3.63, 3.8) is 0 Å². The highest BCUT2D eigenvalue weighted by Gasteiger charge is 1.92. The van der Waals surface area contributed by atoms with Crippen molar-refractivity contribution >= 4 is 0 Å². The van der Waals surface area contributed by atoms with E-state index in [2.05, 4.69) is 0 Å². The van der Waals surface area contributed by atoms with E-state index in [1.54, 1.807) is 0 Å². The van der Waals surface area contributed by atoms with Crippen LogP contribution in [0.1, 0.15) is 20.3 Å². The molecule has 1 unspecified atom stereocenters. The maximum atomic E-state index is 5.46. The summed E-state index contributed by atoms with van der Waals surface area (Å²) in [6.07, 6.45) is 2.90. The normalized spacial score (nSPS) is 16.1. The van der Waals surface area contributed by atoms with Gasteiger partial charge in [0.2, 0.25) is 0 Å². The molecule has 0 aromatic heterocycles. The Balaban J connectivity index is 3.61. The Bertz CT molecular complexity index is 84.5. The first-order chi connectivity index (χ1) is 3.68. The van der Waals surface area contributed by atoms with Crippen molar-refractivity contribution in [1.82, 2.24) is 0 Å². The molecule has 0 saturated heterocycles. The van der Waals surface area contributed by atoms with Gasteiger partial charge in [-0.15, -0.1) is 0 Å². The summed E-state index contributed by atoms with van der Waals surface area (Å²) in [6.45, 7) is 3.91. The molecule has 0 amide bonds. The molecule has 0 fully saturated rings. The zero-order valence-electron chi connectivity index (χ0n) is 5.52. The molecule has 48 valence electrons. The topological polar surface area (TPSA) is 52.0 Å². The van der Waals surface area contributed by atoms with Gasteiger partial charge in [0.1, 0.15) is 0 Å². The van der Waals surface area contributed by atoms with Crippen LogP contribution in [0, 0.1) is 0 Å². The highest BCUT2D eigenvalue weighted by Crippen LogP contribution is 1.90. The first-order valence-electron chi connectivity index (χ1n) is 2.89. The Morgan fingerprint density at radius 2 is 2.25 bits per heavy atom. The summed E-state index contributed by atoms with van der Waals surface area (Å²) >= 11 is 0. The summed E-state index contributed by atoms with van der Waals surface area (Å²) in [6, 6.07) is 0.00921. The Labute approximate surface area is 50.6 Å². The summed E-state index contributed by atoms with van der Waals surface area (Å²) in [5.41, 5.74) is 11.7. The molecule has 0 rings (SSSR count). The predicted octanol–water partition coefficient (Wildman–Crippen LogP) is 0.586. The maximum absolute atomic E-state index is 5.46.